The molecule has 1 amide bonds. The van der Waals surface area contributed by atoms with Crippen LogP contribution in [0.4, 0.5) is 0 Å². The standard InChI is InChI=1S/C14H20N2O3/c1-14(2,13(18)19)9-16-12(17)11(8-15)10-6-4-3-5-7-10/h3-7,11H,8-9,15H2,1-2H3,(H,16,17)(H,18,19). The summed E-state index contributed by atoms with van der Waals surface area (Å²) in [7, 11) is 0. The first-order chi connectivity index (χ1) is 8.88. The molecule has 0 radical (unpaired) electrons. The van der Waals surface area contributed by atoms with Crippen LogP contribution in [0.1, 0.15) is 25.3 Å². The zero-order valence-corrected chi connectivity index (χ0v) is 11.2. The Morgan fingerprint density at radius 3 is 2.37 bits per heavy atom. The lowest BCUT2D eigenvalue weighted by atomic mass is 9.92. The number of nitrogens with two attached hydrogens (primary N) is 1. The lowest BCUT2D eigenvalue weighted by Gasteiger charge is -2.22. The second-order valence-electron chi connectivity index (χ2n) is 5.11. The molecule has 0 aliphatic carbocycles. The van der Waals surface area contributed by atoms with Crippen molar-refractivity contribution in [2.75, 3.05) is 13.1 Å². The Bertz CT molecular complexity index is 443. The first-order valence-corrected chi connectivity index (χ1v) is 6.14. The van der Waals surface area contributed by atoms with Gasteiger partial charge in [0, 0.05) is 13.1 Å². The number of amides is 1. The molecule has 5 heteroatoms. The molecule has 0 spiro atoms. The summed E-state index contributed by atoms with van der Waals surface area (Å²) in [6, 6.07) is 9.21. The maximum Gasteiger partial charge on any atom is 0.310 e. The molecule has 0 saturated carbocycles. The van der Waals surface area contributed by atoms with Gasteiger partial charge in [-0.3, -0.25) is 9.59 Å². The third kappa shape index (κ3) is 4.06. The highest BCUT2D eigenvalue weighted by atomic mass is 16.4. The van der Waals surface area contributed by atoms with Crippen molar-refractivity contribution < 1.29 is 14.7 Å². The van der Waals surface area contributed by atoms with Crippen molar-refractivity contribution in [1.82, 2.24) is 5.32 Å². The van der Waals surface area contributed by atoms with E-state index in [0.29, 0.717) is 0 Å². The van der Waals surface area contributed by atoms with Crippen LogP contribution >= 0.6 is 0 Å². The van der Waals surface area contributed by atoms with Gasteiger partial charge < -0.3 is 16.2 Å². The Morgan fingerprint density at radius 2 is 1.89 bits per heavy atom. The Labute approximate surface area is 112 Å². The fraction of sp³-hybridized carbons (Fsp3) is 0.429. The highest BCUT2D eigenvalue weighted by molar-refractivity contribution is 5.84. The Kier molecular flexibility index (Phi) is 5.06. The molecule has 5 nitrogen and oxygen atoms in total. The van der Waals surface area contributed by atoms with Crippen molar-refractivity contribution in [2.24, 2.45) is 11.1 Å². The lowest BCUT2D eigenvalue weighted by Crippen LogP contribution is -2.42. The van der Waals surface area contributed by atoms with Crippen molar-refractivity contribution >= 4 is 11.9 Å². The van der Waals surface area contributed by atoms with Crippen LogP contribution in [0.5, 0.6) is 0 Å². The minimum atomic E-state index is -0.995. The summed E-state index contributed by atoms with van der Waals surface area (Å²) in [5.74, 6) is -1.65. The first-order valence-electron chi connectivity index (χ1n) is 6.14. The van der Waals surface area contributed by atoms with Gasteiger partial charge in [-0.1, -0.05) is 30.3 Å². The average molecular weight is 264 g/mol. The number of hydrogen-bond acceptors (Lipinski definition) is 3. The summed E-state index contributed by atoms with van der Waals surface area (Å²) < 4.78 is 0. The number of carboxylic acid groups (broad SMARTS) is 1. The zero-order chi connectivity index (χ0) is 14.5. The fourth-order valence-corrected chi connectivity index (χ4v) is 1.59. The normalized spacial score (nSPS) is 12.8. The minimum absolute atomic E-state index is 0.0739. The van der Waals surface area contributed by atoms with Gasteiger partial charge in [-0.15, -0.1) is 0 Å². The second kappa shape index (κ2) is 6.33. The topological polar surface area (TPSA) is 92.4 Å². The van der Waals surface area contributed by atoms with Gasteiger partial charge in [0.1, 0.15) is 0 Å². The smallest absolute Gasteiger partial charge is 0.310 e. The van der Waals surface area contributed by atoms with Crippen LogP contribution in [0.3, 0.4) is 0 Å². The van der Waals surface area contributed by atoms with E-state index in [1.807, 2.05) is 30.3 Å². The predicted molar refractivity (Wildman–Crippen MR) is 72.7 cm³/mol. The largest absolute Gasteiger partial charge is 0.481 e. The molecular weight excluding hydrogens is 244 g/mol. The molecule has 1 aromatic rings. The number of carbonyl (C=O) groups excluding carboxylic acids is 1. The number of carbonyl (C=O) groups is 2. The second-order valence-corrected chi connectivity index (χ2v) is 5.11. The Balaban J connectivity index is 2.69. The molecule has 1 aromatic carbocycles. The number of hydrogen-bond donors (Lipinski definition) is 3. The van der Waals surface area contributed by atoms with E-state index in [0.717, 1.165) is 5.56 Å². The van der Waals surface area contributed by atoms with Crippen molar-refractivity contribution in [3.05, 3.63) is 35.9 Å². The lowest BCUT2D eigenvalue weighted by molar-refractivity contribution is -0.146. The molecular formula is C14H20N2O3. The van der Waals surface area contributed by atoms with E-state index in [2.05, 4.69) is 5.32 Å². The Hall–Kier alpha value is -1.88. The van der Waals surface area contributed by atoms with E-state index in [4.69, 9.17) is 10.8 Å². The van der Waals surface area contributed by atoms with Gasteiger partial charge >= 0.3 is 5.97 Å². The Morgan fingerprint density at radius 1 is 1.32 bits per heavy atom. The molecule has 0 aromatic heterocycles. The van der Waals surface area contributed by atoms with Crippen LogP contribution < -0.4 is 11.1 Å². The summed E-state index contributed by atoms with van der Waals surface area (Å²) in [6.07, 6.45) is 0. The van der Waals surface area contributed by atoms with E-state index in [1.165, 1.54) is 0 Å². The molecule has 0 aliphatic rings. The van der Waals surface area contributed by atoms with Gasteiger partial charge in [0.15, 0.2) is 0 Å². The summed E-state index contributed by atoms with van der Waals surface area (Å²) in [4.78, 5) is 23.0. The van der Waals surface area contributed by atoms with Gasteiger partial charge in [0.2, 0.25) is 5.91 Å². The molecule has 0 bridgehead atoms. The zero-order valence-electron chi connectivity index (χ0n) is 11.2. The van der Waals surface area contributed by atoms with Crippen LogP contribution in [0.15, 0.2) is 30.3 Å². The highest BCUT2D eigenvalue weighted by Crippen LogP contribution is 2.17. The molecule has 19 heavy (non-hydrogen) atoms. The molecule has 4 N–H and O–H groups in total. The molecule has 1 unspecified atom stereocenters. The van der Waals surface area contributed by atoms with Gasteiger partial charge in [-0.25, -0.2) is 0 Å². The first kappa shape index (κ1) is 15.2. The molecule has 0 heterocycles. The van der Waals surface area contributed by atoms with E-state index in [1.54, 1.807) is 13.8 Å². The molecule has 1 atom stereocenters. The van der Waals surface area contributed by atoms with E-state index in [-0.39, 0.29) is 19.0 Å². The number of nitrogens with one attached hydrogen (secondary N) is 1. The van der Waals surface area contributed by atoms with E-state index < -0.39 is 17.3 Å². The molecule has 104 valence electrons. The minimum Gasteiger partial charge on any atom is -0.481 e. The van der Waals surface area contributed by atoms with Crippen LogP contribution in [-0.2, 0) is 9.59 Å². The van der Waals surface area contributed by atoms with Crippen LogP contribution in [0, 0.1) is 5.41 Å². The summed E-state index contributed by atoms with van der Waals surface area (Å²) >= 11 is 0. The van der Waals surface area contributed by atoms with Gasteiger partial charge in [0.25, 0.3) is 0 Å². The molecule has 0 saturated heterocycles. The van der Waals surface area contributed by atoms with Gasteiger partial charge in [0.05, 0.1) is 11.3 Å². The van der Waals surface area contributed by atoms with Crippen LogP contribution in [-0.4, -0.2) is 30.1 Å². The number of carboxylic acids is 1. The van der Waals surface area contributed by atoms with Crippen molar-refractivity contribution in [3.63, 3.8) is 0 Å². The number of aliphatic carboxylic acids is 1. The van der Waals surface area contributed by atoms with Crippen molar-refractivity contribution in [1.29, 1.82) is 0 Å². The maximum atomic E-state index is 12.1. The SMILES string of the molecule is CC(C)(CNC(=O)C(CN)c1ccccc1)C(=O)O. The van der Waals surface area contributed by atoms with Crippen molar-refractivity contribution in [2.45, 2.75) is 19.8 Å². The summed E-state index contributed by atoms with van der Waals surface area (Å²) in [5.41, 5.74) is 5.46. The monoisotopic (exact) mass is 264 g/mol. The summed E-state index contributed by atoms with van der Waals surface area (Å²) in [6.45, 7) is 3.39. The van der Waals surface area contributed by atoms with Crippen molar-refractivity contribution in [3.8, 4) is 0 Å². The number of benzene rings is 1. The summed E-state index contributed by atoms with van der Waals surface area (Å²) in [5, 5.41) is 11.6. The van der Waals surface area contributed by atoms with E-state index in [9.17, 15) is 9.59 Å². The molecule has 1 rings (SSSR count). The van der Waals surface area contributed by atoms with Crippen LogP contribution in [0.2, 0.25) is 0 Å². The van der Waals surface area contributed by atoms with Gasteiger partial charge in [-0.05, 0) is 19.4 Å². The predicted octanol–water partition coefficient (Wildman–Crippen LogP) is 0.956. The average Bonchev–Trinajstić information content (AvgIpc) is 2.38. The van der Waals surface area contributed by atoms with E-state index >= 15 is 0 Å². The quantitative estimate of drug-likeness (QED) is 0.713. The van der Waals surface area contributed by atoms with Gasteiger partial charge in [-0.2, -0.15) is 0 Å². The van der Waals surface area contributed by atoms with Crippen LogP contribution in [0.25, 0.3) is 0 Å². The number of rotatable bonds is 6. The third-order valence-electron chi connectivity index (χ3n) is 3.04. The maximum absolute atomic E-state index is 12.1. The molecule has 0 aliphatic heterocycles. The fourth-order valence-electron chi connectivity index (χ4n) is 1.59. The molecule has 0 fully saturated rings. The highest BCUT2D eigenvalue weighted by Gasteiger charge is 2.29. The third-order valence-corrected chi connectivity index (χ3v) is 3.04.